The van der Waals surface area contributed by atoms with E-state index in [1.54, 1.807) is 30.3 Å². The molecule has 3 aromatic rings. The number of nitrogens with one attached hydrogen (secondary N) is 2. The van der Waals surface area contributed by atoms with Crippen LogP contribution in [0.2, 0.25) is 0 Å². The zero-order chi connectivity index (χ0) is 19.2. The molecule has 2 N–H and O–H groups in total. The van der Waals surface area contributed by atoms with Gasteiger partial charge in [-0.25, -0.2) is 4.98 Å². The molecule has 1 aromatic heterocycles. The van der Waals surface area contributed by atoms with Gasteiger partial charge in [0, 0.05) is 12.6 Å². The van der Waals surface area contributed by atoms with Crippen LogP contribution in [0.25, 0.3) is 16.3 Å². The lowest BCUT2D eigenvalue weighted by Crippen LogP contribution is -2.28. The van der Waals surface area contributed by atoms with Crippen molar-refractivity contribution in [2.24, 2.45) is 5.92 Å². The molecule has 1 heterocycles. The molecule has 0 saturated heterocycles. The minimum absolute atomic E-state index is 0.199. The Labute approximate surface area is 162 Å². The van der Waals surface area contributed by atoms with Gasteiger partial charge >= 0.3 is 0 Å². The maximum absolute atomic E-state index is 12.3. The van der Waals surface area contributed by atoms with E-state index in [1.807, 2.05) is 38.1 Å². The summed E-state index contributed by atoms with van der Waals surface area (Å²) >= 11 is 1.52. The zero-order valence-electron chi connectivity index (χ0n) is 15.2. The third-order valence-corrected chi connectivity index (χ3v) is 4.79. The molecule has 0 atom stereocenters. The number of hydrogen-bond donors (Lipinski definition) is 2. The van der Waals surface area contributed by atoms with Gasteiger partial charge in [-0.05, 0) is 36.3 Å². The molecule has 0 aliphatic carbocycles. The van der Waals surface area contributed by atoms with Gasteiger partial charge in [0.25, 0.3) is 5.91 Å². The first-order valence-electron chi connectivity index (χ1n) is 8.75. The fourth-order valence-electron chi connectivity index (χ4n) is 2.46. The quantitative estimate of drug-likeness (QED) is 0.626. The third kappa shape index (κ3) is 5.01. The monoisotopic (exact) mass is 379 g/mol. The first-order valence-corrected chi connectivity index (χ1v) is 9.56. The Kier molecular flexibility index (Phi) is 5.98. The van der Waals surface area contributed by atoms with Crippen LogP contribution in [0.1, 0.15) is 29.2 Å². The van der Waals surface area contributed by atoms with E-state index in [1.165, 1.54) is 17.4 Å². The summed E-state index contributed by atoms with van der Waals surface area (Å²) in [6, 6.07) is 14.8. The Hall–Kier alpha value is -2.99. The van der Waals surface area contributed by atoms with Crippen molar-refractivity contribution in [1.82, 2.24) is 10.3 Å². The second-order valence-corrected chi connectivity index (χ2v) is 7.55. The van der Waals surface area contributed by atoms with Crippen LogP contribution >= 0.6 is 11.3 Å². The molecule has 138 valence electrons. The summed E-state index contributed by atoms with van der Waals surface area (Å²) in [5.74, 6) is -0.152. The van der Waals surface area contributed by atoms with Gasteiger partial charge in [-0.15, -0.1) is 11.3 Å². The number of carbonyl (C=O) groups excluding carboxylic acids is 2. The minimum atomic E-state index is -0.307. The molecule has 0 fully saturated rings. The fraction of sp³-hybridized carbons (Fsp3) is 0.190. The van der Waals surface area contributed by atoms with Crippen molar-refractivity contribution in [3.8, 4) is 0 Å². The van der Waals surface area contributed by atoms with E-state index in [-0.39, 0.29) is 11.8 Å². The predicted octanol–water partition coefficient (Wildman–Crippen LogP) is 4.33. The van der Waals surface area contributed by atoms with E-state index in [9.17, 15) is 9.59 Å². The largest absolute Gasteiger partial charge is 0.352 e. The summed E-state index contributed by atoms with van der Waals surface area (Å²) in [4.78, 5) is 29.1. The lowest BCUT2D eigenvalue weighted by atomic mass is 10.1. The third-order valence-electron chi connectivity index (χ3n) is 3.79. The number of hydrogen-bond acceptors (Lipinski definition) is 4. The molecule has 3 rings (SSSR count). The first kappa shape index (κ1) is 18.8. The number of benzene rings is 2. The highest BCUT2D eigenvalue weighted by Gasteiger charge is 2.12. The number of fused-ring (bicyclic) bond motifs is 1. The van der Waals surface area contributed by atoms with E-state index in [0.717, 1.165) is 15.2 Å². The highest BCUT2D eigenvalue weighted by molar-refractivity contribution is 7.19. The van der Waals surface area contributed by atoms with E-state index in [2.05, 4.69) is 15.6 Å². The maximum Gasteiger partial charge on any atom is 0.253 e. The van der Waals surface area contributed by atoms with Crippen LogP contribution in [-0.4, -0.2) is 23.3 Å². The lowest BCUT2D eigenvalue weighted by molar-refractivity contribution is -0.111. The molecule has 27 heavy (non-hydrogen) atoms. The van der Waals surface area contributed by atoms with Gasteiger partial charge in [-0.2, -0.15) is 0 Å². The number of carbonyl (C=O) groups is 2. The molecule has 6 heteroatoms. The number of anilines is 1. The van der Waals surface area contributed by atoms with Crippen molar-refractivity contribution in [2.75, 3.05) is 11.9 Å². The summed E-state index contributed by atoms with van der Waals surface area (Å²) in [7, 11) is 0. The summed E-state index contributed by atoms with van der Waals surface area (Å²) in [6.07, 6.45) is 3.11. The van der Waals surface area contributed by atoms with Crippen LogP contribution in [-0.2, 0) is 4.79 Å². The molecule has 0 aliphatic heterocycles. The number of para-hydroxylation sites is 2. The van der Waals surface area contributed by atoms with Crippen molar-refractivity contribution in [2.45, 2.75) is 13.8 Å². The van der Waals surface area contributed by atoms with Gasteiger partial charge in [0.05, 0.1) is 21.5 Å². The highest BCUT2D eigenvalue weighted by Crippen LogP contribution is 2.22. The van der Waals surface area contributed by atoms with Crippen molar-refractivity contribution < 1.29 is 9.59 Å². The van der Waals surface area contributed by atoms with Crippen molar-refractivity contribution in [3.63, 3.8) is 0 Å². The second-order valence-electron chi connectivity index (χ2n) is 6.49. The number of thiazole rings is 1. The van der Waals surface area contributed by atoms with Crippen LogP contribution in [0.15, 0.2) is 54.6 Å². The molecule has 0 bridgehead atoms. The van der Waals surface area contributed by atoms with Gasteiger partial charge in [0.1, 0.15) is 5.01 Å². The zero-order valence-corrected chi connectivity index (χ0v) is 16.0. The van der Waals surface area contributed by atoms with Crippen molar-refractivity contribution in [1.29, 1.82) is 0 Å². The summed E-state index contributed by atoms with van der Waals surface area (Å²) in [5.41, 5.74) is 1.84. The summed E-state index contributed by atoms with van der Waals surface area (Å²) in [5, 5.41) is 6.40. The normalized spacial score (nSPS) is 11.2. The van der Waals surface area contributed by atoms with Crippen LogP contribution < -0.4 is 10.6 Å². The second kappa shape index (κ2) is 8.60. The molecule has 0 saturated carbocycles. The smallest absolute Gasteiger partial charge is 0.253 e. The van der Waals surface area contributed by atoms with Gasteiger partial charge in [-0.1, -0.05) is 38.1 Å². The average Bonchev–Trinajstić information content (AvgIpc) is 3.08. The number of amides is 2. The van der Waals surface area contributed by atoms with Crippen molar-refractivity contribution in [3.05, 3.63) is 65.2 Å². The van der Waals surface area contributed by atoms with Gasteiger partial charge in [0.15, 0.2) is 0 Å². The highest BCUT2D eigenvalue weighted by atomic mass is 32.1. The molecule has 0 aliphatic rings. The molecule has 2 amide bonds. The SMILES string of the molecule is CC(C)CNC(=O)c1ccccc1NC(=O)/C=C/c1nc2ccccc2s1. The fourth-order valence-corrected chi connectivity index (χ4v) is 3.34. The average molecular weight is 379 g/mol. The topological polar surface area (TPSA) is 71.1 Å². The van der Waals surface area contributed by atoms with E-state index >= 15 is 0 Å². The Morgan fingerprint density at radius 2 is 1.85 bits per heavy atom. The lowest BCUT2D eigenvalue weighted by Gasteiger charge is -2.11. The molecule has 0 radical (unpaired) electrons. The maximum atomic E-state index is 12.3. The number of aromatic nitrogens is 1. The standard InChI is InChI=1S/C21H21N3O2S/c1-14(2)13-22-21(26)15-7-3-4-8-16(15)23-19(25)11-12-20-24-17-9-5-6-10-18(17)27-20/h3-12,14H,13H2,1-2H3,(H,22,26)(H,23,25)/b12-11+. The van der Waals surface area contributed by atoms with Crippen LogP contribution in [0, 0.1) is 5.92 Å². The molecule has 2 aromatic carbocycles. The van der Waals surface area contributed by atoms with Gasteiger partial charge < -0.3 is 10.6 Å². The predicted molar refractivity (Wildman–Crippen MR) is 111 cm³/mol. The Morgan fingerprint density at radius 1 is 1.11 bits per heavy atom. The van der Waals surface area contributed by atoms with Crippen LogP contribution in [0.5, 0.6) is 0 Å². The van der Waals surface area contributed by atoms with E-state index in [0.29, 0.717) is 23.7 Å². The van der Waals surface area contributed by atoms with Gasteiger partial charge in [-0.3, -0.25) is 9.59 Å². The molecular weight excluding hydrogens is 358 g/mol. The van der Waals surface area contributed by atoms with E-state index < -0.39 is 0 Å². The van der Waals surface area contributed by atoms with Crippen molar-refractivity contribution >= 4 is 45.1 Å². The first-order chi connectivity index (χ1) is 13.0. The summed E-state index contributed by atoms with van der Waals surface area (Å²) < 4.78 is 1.07. The van der Waals surface area contributed by atoms with E-state index in [4.69, 9.17) is 0 Å². The Bertz CT molecular complexity index is 959. The van der Waals surface area contributed by atoms with Crippen LogP contribution in [0.3, 0.4) is 0 Å². The molecular formula is C21H21N3O2S. The minimum Gasteiger partial charge on any atom is -0.352 e. The Morgan fingerprint density at radius 3 is 2.63 bits per heavy atom. The van der Waals surface area contributed by atoms with Crippen LogP contribution in [0.4, 0.5) is 5.69 Å². The number of nitrogens with zero attached hydrogens (tertiary/aromatic N) is 1. The molecule has 5 nitrogen and oxygen atoms in total. The number of rotatable bonds is 6. The molecule has 0 unspecified atom stereocenters. The molecule has 0 spiro atoms. The van der Waals surface area contributed by atoms with Gasteiger partial charge in [0.2, 0.25) is 5.91 Å². The Balaban J connectivity index is 1.69. The summed E-state index contributed by atoms with van der Waals surface area (Å²) in [6.45, 7) is 4.64.